The monoisotopic (exact) mass is 470 g/mol. The Kier molecular flexibility index (Phi) is 7.06. The smallest absolute Gasteiger partial charge is 0.262 e. The van der Waals surface area contributed by atoms with Crippen LogP contribution in [0, 0.1) is 0 Å². The highest BCUT2D eigenvalue weighted by Gasteiger charge is 2.16. The summed E-state index contributed by atoms with van der Waals surface area (Å²) in [5, 5.41) is 4.49. The highest BCUT2D eigenvalue weighted by Crippen LogP contribution is 2.24. The molecule has 1 fully saturated rings. The topological polar surface area (TPSA) is 67.2 Å². The molecule has 0 unspecified atom stereocenters. The van der Waals surface area contributed by atoms with Gasteiger partial charge in [0.2, 0.25) is 5.91 Å². The van der Waals surface area contributed by atoms with Crippen molar-refractivity contribution >= 4 is 51.5 Å². The third-order valence-electron chi connectivity index (χ3n) is 5.55. The van der Waals surface area contributed by atoms with E-state index in [0.717, 1.165) is 18.8 Å². The lowest BCUT2D eigenvalue weighted by atomic mass is 10.1. The van der Waals surface area contributed by atoms with E-state index >= 15 is 0 Å². The zero-order chi connectivity index (χ0) is 22.7. The Morgan fingerprint density at radius 1 is 1.12 bits per heavy atom. The van der Waals surface area contributed by atoms with Crippen LogP contribution in [0.1, 0.15) is 39.2 Å². The van der Waals surface area contributed by atoms with E-state index in [0.29, 0.717) is 21.1 Å². The van der Waals surface area contributed by atoms with Gasteiger partial charge in [0.25, 0.3) is 5.56 Å². The first-order valence-corrected chi connectivity index (χ1v) is 12.3. The molecule has 32 heavy (non-hydrogen) atoms. The average Bonchev–Trinajstić information content (AvgIpc) is 2.78. The minimum absolute atomic E-state index is 0.0806. The molecule has 2 aromatic carbocycles. The SMILES string of the molecule is CC(C)n1c(SCC(=O)Nc2ccc(N3CCCCC3)cc2)nc2cc(Cl)ccc2c1=O. The van der Waals surface area contributed by atoms with Crippen molar-refractivity contribution in [2.24, 2.45) is 0 Å². The number of fused-ring (bicyclic) bond motifs is 1. The number of thioether (sulfide) groups is 1. The molecule has 8 heteroatoms. The molecule has 1 N–H and O–H groups in total. The fourth-order valence-corrected chi connectivity index (χ4v) is 5.04. The van der Waals surface area contributed by atoms with E-state index in [1.165, 1.54) is 36.7 Å². The first-order chi connectivity index (χ1) is 15.4. The number of carbonyl (C=O) groups excluding carboxylic acids is 1. The van der Waals surface area contributed by atoms with E-state index < -0.39 is 0 Å². The first-order valence-electron chi connectivity index (χ1n) is 10.9. The molecule has 168 valence electrons. The molecule has 0 aliphatic carbocycles. The molecule has 2 heterocycles. The van der Waals surface area contributed by atoms with Gasteiger partial charge >= 0.3 is 0 Å². The normalized spacial score (nSPS) is 14.2. The number of aromatic nitrogens is 2. The van der Waals surface area contributed by atoms with Crippen LogP contribution >= 0.6 is 23.4 Å². The Bertz CT molecular complexity index is 1170. The number of halogens is 1. The Labute approximate surface area is 197 Å². The summed E-state index contributed by atoms with van der Waals surface area (Å²) in [6, 6.07) is 13.0. The van der Waals surface area contributed by atoms with Crippen molar-refractivity contribution in [1.82, 2.24) is 9.55 Å². The molecular formula is C24H27ClN4O2S. The van der Waals surface area contributed by atoms with Crippen LogP contribution in [0.15, 0.2) is 52.4 Å². The maximum Gasteiger partial charge on any atom is 0.262 e. The Hall–Kier alpha value is -2.51. The van der Waals surface area contributed by atoms with E-state index in [1.54, 1.807) is 22.8 Å². The van der Waals surface area contributed by atoms with Crippen molar-refractivity contribution in [3.63, 3.8) is 0 Å². The summed E-state index contributed by atoms with van der Waals surface area (Å²) in [6.45, 7) is 6.03. The van der Waals surface area contributed by atoms with Crippen molar-refractivity contribution in [2.45, 2.75) is 44.3 Å². The Balaban J connectivity index is 1.45. The van der Waals surface area contributed by atoms with Gasteiger partial charge in [0.1, 0.15) is 0 Å². The van der Waals surface area contributed by atoms with Gasteiger partial charge < -0.3 is 10.2 Å². The third kappa shape index (κ3) is 5.10. The number of amides is 1. The molecule has 1 aromatic heterocycles. The predicted molar refractivity (Wildman–Crippen MR) is 133 cm³/mol. The minimum atomic E-state index is -0.142. The van der Waals surface area contributed by atoms with Crippen molar-refractivity contribution in [1.29, 1.82) is 0 Å². The number of nitrogens with zero attached hydrogens (tertiary/aromatic N) is 3. The fraction of sp³-hybridized carbons (Fsp3) is 0.375. The Morgan fingerprint density at radius 2 is 1.84 bits per heavy atom. The van der Waals surface area contributed by atoms with Crippen LogP contribution in [0.2, 0.25) is 5.02 Å². The van der Waals surface area contributed by atoms with E-state index in [2.05, 4.69) is 27.3 Å². The van der Waals surface area contributed by atoms with Gasteiger partial charge in [0, 0.05) is 35.5 Å². The number of rotatable bonds is 6. The van der Waals surface area contributed by atoms with Crippen molar-refractivity contribution in [2.75, 3.05) is 29.1 Å². The molecular weight excluding hydrogens is 444 g/mol. The molecule has 1 saturated heterocycles. The van der Waals surface area contributed by atoms with Crippen LogP contribution in [-0.4, -0.2) is 34.3 Å². The van der Waals surface area contributed by atoms with E-state index in [1.807, 2.05) is 26.0 Å². The van der Waals surface area contributed by atoms with Crippen LogP contribution in [0.4, 0.5) is 11.4 Å². The second-order valence-electron chi connectivity index (χ2n) is 8.26. The van der Waals surface area contributed by atoms with E-state index in [4.69, 9.17) is 11.6 Å². The predicted octanol–water partition coefficient (Wildman–Crippen LogP) is 5.35. The number of benzene rings is 2. The molecule has 0 spiro atoms. The van der Waals surface area contributed by atoms with Gasteiger partial charge in [-0.25, -0.2) is 4.98 Å². The molecule has 0 bridgehead atoms. The largest absolute Gasteiger partial charge is 0.372 e. The van der Waals surface area contributed by atoms with Gasteiger partial charge in [0.15, 0.2) is 5.16 Å². The number of hydrogen-bond donors (Lipinski definition) is 1. The van der Waals surface area contributed by atoms with Gasteiger partial charge in [-0.3, -0.25) is 14.2 Å². The van der Waals surface area contributed by atoms with Gasteiger partial charge in [0.05, 0.1) is 16.7 Å². The Morgan fingerprint density at radius 3 is 2.53 bits per heavy atom. The van der Waals surface area contributed by atoms with Crippen molar-refractivity contribution in [3.8, 4) is 0 Å². The quantitative estimate of drug-likeness (QED) is 0.388. The summed E-state index contributed by atoms with van der Waals surface area (Å²) in [4.78, 5) is 32.5. The average molecular weight is 471 g/mol. The lowest BCUT2D eigenvalue weighted by Crippen LogP contribution is -2.29. The van der Waals surface area contributed by atoms with Crippen LogP contribution in [0.3, 0.4) is 0 Å². The molecule has 1 aliphatic heterocycles. The molecule has 0 saturated carbocycles. The molecule has 1 amide bonds. The number of nitrogens with one attached hydrogen (secondary N) is 1. The third-order valence-corrected chi connectivity index (χ3v) is 6.74. The highest BCUT2D eigenvalue weighted by atomic mass is 35.5. The lowest BCUT2D eigenvalue weighted by molar-refractivity contribution is -0.113. The first kappa shape index (κ1) is 22.7. The standard InChI is InChI=1S/C24H27ClN4O2S/c1-16(2)29-23(31)20-11-6-17(25)14-21(20)27-24(29)32-15-22(30)26-18-7-9-19(10-8-18)28-12-4-3-5-13-28/h6-11,14,16H,3-5,12-13,15H2,1-2H3,(H,26,30). The number of hydrogen-bond acceptors (Lipinski definition) is 5. The summed E-state index contributed by atoms with van der Waals surface area (Å²) in [7, 11) is 0. The van der Waals surface area contributed by atoms with Crippen molar-refractivity contribution in [3.05, 3.63) is 57.8 Å². The highest BCUT2D eigenvalue weighted by molar-refractivity contribution is 7.99. The molecule has 4 rings (SSSR count). The lowest BCUT2D eigenvalue weighted by Gasteiger charge is -2.28. The zero-order valence-corrected chi connectivity index (χ0v) is 19.9. The second kappa shape index (κ2) is 9.96. The molecule has 6 nitrogen and oxygen atoms in total. The minimum Gasteiger partial charge on any atom is -0.372 e. The van der Waals surface area contributed by atoms with Crippen LogP contribution in [-0.2, 0) is 4.79 Å². The summed E-state index contributed by atoms with van der Waals surface area (Å²) < 4.78 is 1.63. The van der Waals surface area contributed by atoms with Gasteiger partial charge in [-0.1, -0.05) is 23.4 Å². The summed E-state index contributed by atoms with van der Waals surface area (Å²) >= 11 is 7.33. The molecule has 1 aliphatic rings. The van der Waals surface area contributed by atoms with Crippen LogP contribution in [0.25, 0.3) is 10.9 Å². The van der Waals surface area contributed by atoms with Gasteiger partial charge in [-0.15, -0.1) is 0 Å². The zero-order valence-electron chi connectivity index (χ0n) is 18.3. The van der Waals surface area contributed by atoms with Gasteiger partial charge in [-0.05, 0) is 75.6 Å². The fourth-order valence-electron chi connectivity index (χ4n) is 3.94. The van der Waals surface area contributed by atoms with Crippen LogP contribution < -0.4 is 15.8 Å². The van der Waals surface area contributed by atoms with E-state index in [-0.39, 0.29) is 23.3 Å². The number of piperidine rings is 1. The maximum absolute atomic E-state index is 13.0. The van der Waals surface area contributed by atoms with Crippen LogP contribution in [0.5, 0.6) is 0 Å². The number of anilines is 2. The second-order valence-corrected chi connectivity index (χ2v) is 9.64. The number of carbonyl (C=O) groups is 1. The van der Waals surface area contributed by atoms with Crippen molar-refractivity contribution < 1.29 is 4.79 Å². The molecule has 0 radical (unpaired) electrons. The summed E-state index contributed by atoms with van der Waals surface area (Å²) in [5.41, 5.74) is 2.36. The molecule has 0 atom stereocenters. The van der Waals surface area contributed by atoms with Gasteiger partial charge in [-0.2, -0.15) is 0 Å². The molecule has 3 aromatic rings. The summed E-state index contributed by atoms with van der Waals surface area (Å²) in [5.74, 6) is 0.00973. The van der Waals surface area contributed by atoms with E-state index in [9.17, 15) is 9.59 Å². The maximum atomic E-state index is 13.0. The summed E-state index contributed by atoms with van der Waals surface area (Å²) in [6.07, 6.45) is 3.75.